The molecular weight excluding hydrogens is 278 g/mol. The first-order valence-corrected chi connectivity index (χ1v) is 7.13. The number of morpholine rings is 1. The van der Waals surface area contributed by atoms with E-state index in [1.165, 1.54) is 6.07 Å². The van der Waals surface area contributed by atoms with Gasteiger partial charge in [0.1, 0.15) is 5.75 Å². The van der Waals surface area contributed by atoms with Crippen LogP contribution in [0.3, 0.4) is 0 Å². The van der Waals surface area contributed by atoms with Crippen LogP contribution in [-0.2, 0) is 4.74 Å². The lowest BCUT2D eigenvalue weighted by molar-refractivity contribution is -0.0499. The van der Waals surface area contributed by atoms with E-state index in [0.717, 1.165) is 31.8 Å². The number of rotatable bonds is 6. The smallest absolute Gasteiger partial charge is 0.387 e. The molecule has 4 nitrogen and oxygen atoms in total. The van der Waals surface area contributed by atoms with Crippen molar-refractivity contribution in [1.82, 2.24) is 10.2 Å². The second kappa shape index (κ2) is 7.68. The highest BCUT2D eigenvalue weighted by atomic mass is 19.3. The second-order valence-electron chi connectivity index (χ2n) is 5.26. The number of likely N-dealkylation sites (N-methyl/N-ethyl adjacent to an activating group) is 1. The largest absolute Gasteiger partial charge is 0.435 e. The third-order valence-electron chi connectivity index (χ3n) is 3.72. The van der Waals surface area contributed by atoms with Gasteiger partial charge in [0.2, 0.25) is 0 Å². The zero-order valence-electron chi connectivity index (χ0n) is 12.4. The number of alkyl halides is 2. The summed E-state index contributed by atoms with van der Waals surface area (Å²) in [5.74, 6) is 0.193. The van der Waals surface area contributed by atoms with Gasteiger partial charge in [0, 0.05) is 25.7 Å². The van der Waals surface area contributed by atoms with E-state index in [1.807, 2.05) is 20.0 Å². The Morgan fingerprint density at radius 3 is 2.95 bits per heavy atom. The third-order valence-corrected chi connectivity index (χ3v) is 3.72. The van der Waals surface area contributed by atoms with Gasteiger partial charge in [0.25, 0.3) is 0 Å². The van der Waals surface area contributed by atoms with E-state index in [-0.39, 0.29) is 17.9 Å². The van der Waals surface area contributed by atoms with Gasteiger partial charge >= 0.3 is 6.61 Å². The normalized spacial score (nSPS) is 20.8. The Morgan fingerprint density at radius 1 is 1.48 bits per heavy atom. The van der Waals surface area contributed by atoms with Crippen LogP contribution in [0.4, 0.5) is 8.78 Å². The summed E-state index contributed by atoms with van der Waals surface area (Å²) < 4.78 is 34.7. The number of halogens is 2. The van der Waals surface area contributed by atoms with Gasteiger partial charge in [0.05, 0.1) is 12.7 Å². The minimum atomic E-state index is -2.80. The molecule has 0 amide bonds. The van der Waals surface area contributed by atoms with Gasteiger partial charge < -0.3 is 14.8 Å². The van der Waals surface area contributed by atoms with Crippen LogP contribution in [0.5, 0.6) is 5.75 Å². The third kappa shape index (κ3) is 4.91. The molecule has 1 heterocycles. The standard InChI is InChI=1S/C15H22F2N2O2/c1-11(19(2)10-14-9-18-6-7-20-14)12-4-3-5-13(8-12)21-15(16)17/h3-5,8,11,14-15,18H,6-7,9-10H2,1-2H3. The van der Waals surface area contributed by atoms with Crippen molar-refractivity contribution in [3.05, 3.63) is 29.8 Å². The fourth-order valence-electron chi connectivity index (χ4n) is 2.42. The number of nitrogens with zero attached hydrogens (tertiary/aromatic N) is 1. The van der Waals surface area contributed by atoms with E-state index in [4.69, 9.17) is 4.74 Å². The molecule has 21 heavy (non-hydrogen) atoms. The first kappa shape index (κ1) is 16.1. The maximum atomic E-state index is 12.3. The summed E-state index contributed by atoms with van der Waals surface area (Å²) >= 11 is 0. The lowest BCUT2D eigenvalue weighted by Crippen LogP contribution is -2.44. The Hall–Kier alpha value is -1.24. The fourth-order valence-corrected chi connectivity index (χ4v) is 2.42. The molecule has 0 aromatic heterocycles. The molecule has 1 aromatic rings. The van der Waals surface area contributed by atoms with E-state index in [1.54, 1.807) is 12.1 Å². The Kier molecular flexibility index (Phi) is 5.90. The monoisotopic (exact) mass is 300 g/mol. The zero-order valence-corrected chi connectivity index (χ0v) is 12.4. The van der Waals surface area contributed by atoms with Crippen molar-refractivity contribution in [3.63, 3.8) is 0 Å². The highest BCUT2D eigenvalue weighted by Crippen LogP contribution is 2.24. The van der Waals surface area contributed by atoms with Crippen LogP contribution in [0.15, 0.2) is 24.3 Å². The summed E-state index contributed by atoms with van der Waals surface area (Å²) in [5, 5.41) is 3.29. The number of hydrogen-bond donors (Lipinski definition) is 1. The van der Waals surface area contributed by atoms with Gasteiger partial charge in [-0.05, 0) is 31.7 Å². The van der Waals surface area contributed by atoms with Crippen LogP contribution in [-0.4, -0.2) is 50.9 Å². The van der Waals surface area contributed by atoms with E-state index in [0.29, 0.717) is 0 Å². The van der Waals surface area contributed by atoms with E-state index < -0.39 is 6.61 Å². The van der Waals surface area contributed by atoms with Gasteiger partial charge in [-0.15, -0.1) is 0 Å². The number of hydrogen-bond acceptors (Lipinski definition) is 4. The molecular formula is C15H22F2N2O2. The summed E-state index contributed by atoms with van der Waals surface area (Å²) in [6, 6.07) is 6.94. The maximum absolute atomic E-state index is 12.3. The quantitative estimate of drug-likeness (QED) is 0.874. The number of benzene rings is 1. The van der Waals surface area contributed by atoms with E-state index in [9.17, 15) is 8.78 Å². The van der Waals surface area contributed by atoms with Crippen molar-refractivity contribution in [3.8, 4) is 5.75 Å². The molecule has 6 heteroatoms. The van der Waals surface area contributed by atoms with Crippen LogP contribution >= 0.6 is 0 Å². The number of nitrogens with one attached hydrogen (secondary N) is 1. The van der Waals surface area contributed by atoms with Crippen LogP contribution in [0.2, 0.25) is 0 Å². The van der Waals surface area contributed by atoms with Crippen LogP contribution in [0.25, 0.3) is 0 Å². The first-order valence-electron chi connectivity index (χ1n) is 7.13. The summed E-state index contributed by atoms with van der Waals surface area (Å²) in [4.78, 5) is 2.15. The van der Waals surface area contributed by atoms with Crippen molar-refractivity contribution in [1.29, 1.82) is 0 Å². The predicted molar refractivity (Wildman–Crippen MR) is 76.7 cm³/mol. The molecule has 1 aliphatic heterocycles. The molecule has 0 spiro atoms. The second-order valence-corrected chi connectivity index (χ2v) is 5.26. The van der Waals surface area contributed by atoms with Crippen molar-refractivity contribution in [2.75, 3.05) is 33.3 Å². The molecule has 118 valence electrons. The zero-order chi connectivity index (χ0) is 15.2. The molecule has 0 radical (unpaired) electrons. The summed E-state index contributed by atoms with van der Waals surface area (Å²) in [6.07, 6.45) is 0.159. The molecule has 2 atom stereocenters. The SMILES string of the molecule is CC(c1cccc(OC(F)F)c1)N(C)CC1CNCCO1. The van der Waals surface area contributed by atoms with Gasteiger partial charge in [-0.2, -0.15) is 8.78 Å². The van der Waals surface area contributed by atoms with Crippen molar-refractivity contribution < 1.29 is 18.3 Å². The van der Waals surface area contributed by atoms with Gasteiger partial charge in [0.15, 0.2) is 0 Å². The van der Waals surface area contributed by atoms with Gasteiger partial charge in [-0.3, -0.25) is 4.90 Å². The molecule has 1 saturated heterocycles. The molecule has 0 saturated carbocycles. The van der Waals surface area contributed by atoms with Gasteiger partial charge in [-0.25, -0.2) is 0 Å². The Morgan fingerprint density at radius 2 is 2.29 bits per heavy atom. The Balaban J connectivity index is 1.95. The van der Waals surface area contributed by atoms with Crippen molar-refractivity contribution >= 4 is 0 Å². The fraction of sp³-hybridized carbons (Fsp3) is 0.600. The molecule has 0 aliphatic carbocycles. The highest BCUT2D eigenvalue weighted by molar-refractivity contribution is 5.30. The molecule has 1 aliphatic rings. The summed E-state index contributed by atoms with van der Waals surface area (Å²) in [7, 11) is 2.00. The molecule has 2 unspecified atom stereocenters. The van der Waals surface area contributed by atoms with Crippen LogP contribution < -0.4 is 10.1 Å². The minimum Gasteiger partial charge on any atom is -0.435 e. The highest BCUT2D eigenvalue weighted by Gasteiger charge is 2.19. The Labute approximate surface area is 124 Å². The maximum Gasteiger partial charge on any atom is 0.387 e. The summed E-state index contributed by atoms with van der Waals surface area (Å²) in [5.41, 5.74) is 0.944. The van der Waals surface area contributed by atoms with E-state index >= 15 is 0 Å². The van der Waals surface area contributed by atoms with Crippen LogP contribution in [0, 0.1) is 0 Å². The number of ether oxygens (including phenoxy) is 2. The molecule has 2 rings (SSSR count). The van der Waals surface area contributed by atoms with Gasteiger partial charge in [-0.1, -0.05) is 12.1 Å². The first-order chi connectivity index (χ1) is 10.1. The van der Waals surface area contributed by atoms with Crippen molar-refractivity contribution in [2.24, 2.45) is 0 Å². The lowest BCUT2D eigenvalue weighted by atomic mass is 10.1. The predicted octanol–water partition coefficient (Wildman–Crippen LogP) is 2.27. The summed E-state index contributed by atoms with van der Waals surface area (Å²) in [6.45, 7) is 2.49. The Bertz CT molecular complexity index is 439. The molecule has 1 fully saturated rings. The minimum absolute atomic E-state index is 0.0942. The van der Waals surface area contributed by atoms with Crippen molar-refractivity contribution in [2.45, 2.75) is 25.7 Å². The van der Waals surface area contributed by atoms with E-state index in [2.05, 4.69) is 15.0 Å². The topological polar surface area (TPSA) is 33.7 Å². The average molecular weight is 300 g/mol. The lowest BCUT2D eigenvalue weighted by Gasteiger charge is -2.31. The molecule has 1 aromatic carbocycles. The molecule has 1 N–H and O–H groups in total. The van der Waals surface area contributed by atoms with Crippen LogP contribution in [0.1, 0.15) is 18.5 Å². The molecule has 0 bridgehead atoms. The average Bonchev–Trinajstić information content (AvgIpc) is 2.47.